The molecule has 2 aromatic rings. The highest BCUT2D eigenvalue weighted by Gasteiger charge is 2.21. The van der Waals surface area contributed by atoms with Gasteiger partial charge in [-0.05, 0) is 36.2 Å². The molecule has 0 unspecified atom stereocenters. The largest absolute Gasteiger partial charge is 0.490 e. The zero-order chi connectivity index (χ0) is 20.2. The summed E-state index contributed by atoms with van der Waals surface area (Å²) in [4.78, 5) is 9.98. The minimum atomic E-state index is -3.97. The van der Waals surface area contributed by atoms with Crippen molar-refractivity contribution in [1.29, 1.82) is 0 Å². The normalized spacial score (nSPS) is 11.9. The molecule has 0 aliphatic carbocycles. The maximum Gasteiger partial charge on any atom is 0.312 e. The third-order valence-electron chi connectivity index (χ3n) is 3.61. The minimum absolute atomic E-state index is 0.0108. The van der Waals surface area contributed by atoms with Gasteiger partial charge in [-0.1, -0.05) is 12.1 Å². The molecule has 12 heteroatoms. The molecule has 146 valence electrons. The van der Waals surface area contributed by atoms with Crippen molar-refractivity contribution in [2.75, 3.05) is 13.7 Å². The fraction of sp³-hybridized carbons (Fsp3) is 0.200. The Labute approximate surface area is 156 Å². The minimum Gasteiger partial charge on any atom is -0.490 e. The van der Waals surface area contributed by atoms with E-state index in [2.05, 4.69) is 4.72 Å². The summed E-state index contributed by atoms with van der Waals surface area (Å²) in [6.45, 7) is 0.0108. The average Bonchev–Trinajstić information content (AvgIpc) is 2.60. The zero-order valence-corrected chi connectivity index (χ0v) is 15.8. The number of hydrogen-bond acceptors (Lipinski definition) is 7. The van der Waals surface area contributed by atoms with Crippen LogP contribution in [-0.4, -0.2) is 35.4 Å². The van der Waals surface area contributed by atoms with Crippen LogP contribution < -0.4 is 14.6 Å². The van der Waals surface area contributed by atoms with Crippen molar-refractivity contribution in [2.24, 2.45) is 5.14 Å². The molecule has 0 heterocycles. The number of methoxy groups -OCH3 is 1. The van der Waals surface area contributed by atoms with Crippen LogP contribution in [0.5, 0.6) is 5.75 Å². The quantitative estimate of drug-likeness (QED) is 0.476. The summed E-state index contributed by atoms with van der Waals surface area (Å²) in [5.74, 6) is -0.0473. The zero-order valence-electron chi connectivity index (χ0n) is 14.2. The Morgan fingerprint density at radius 2 is 1.67 bits per heavy atom. The molecule has 0 aliphatic rings. The fourth-order valence-corrected chi connectivity index (χ4v) is 3.81. The van der Waals surface area contributed by atoms with E-state index >= 15 is 0 Å². The van der Waals surface area contributed by atoms with Gasteiger partial charge in [-0.15, -0.1) is 0 Å². The van der Waals surface area contributed by atoms with Crippen LogP contribution in [0.4, 0.5) is 5.69 Å². The molecule has 0 spiro atoms. The first kappa shape index (κ1) is 20.8. The summed E-state index contributed by atoms with van der Waals surface area (Å²) in [6.07, 6.45) is 0.280. The molecule has 2 rings (SSSR count). The van der Waals surface area contributed by atoms with Gasteiger partial charge in [0.1, 0.15) is 0 Å². The number of hydrogen-bond donors (Lipinski definition) is 2. The highest BCUT2D eigenvalue weighted by molar-refractivity contribution is 7.89. The second-order valence-electron chi connectivity index (χ2n) is 5.43. The second kappa shape index (κ2) is 8.00. The van der Waals surface area contributed by atoms with Gasteiger partial charge in [0.25, 0.3) is 0 Å². The van der Waals surface area contributed by atoms with Gasteiger partial charge in [0.15, 0.2) is 5.75 Å². The summed E-state index contributed by atoms with van der Waals surface area (Å²) < 4.78 is 54.2. The molecule has 0 radical (unpaired) electrons. The van der Waals surface area contributed by atoms with Gasteiger partial charge in [0.05, 0.1) is 21.8 Å². The molecule has 0 aliphatic heterocycles. The van der Waals surface area contributed by atoms with E-state index in [0.29, 0.717) is 5.56 Å². The van der Waals surface area contributed by atoms with Crippen LogP contribution in [0.3, 0.4) is 0 Å². The lowest BCUT2D eigenvalue weighted by atomic mass is 10.2. The first-order valence-corrected chi connectivity index (χ1v) is 10.5. The van der Waals surface area contributed by atoms with E-state index in [1.807, 2.05) is 0 Å². The van der Waals surface area contributed by atoms with Crippen molar-refractivity contribution in [2.45, 2.75) is 16.2 Å². The number of nitro groups is 1. The van der Waals surface area contributed by atoms with Crippen molar-refractivity contribution in [3.8, 4) is 5.75 Å². The van der Waals surface area contributed by atoms with E-state index in [-0.39, 0.29) is 28.5 Å². The van der Waals surface area contributed by atoms with Gasteiger partial charge in [-0.2, -0.15) is 0 Å². The van der Waals surface area contributed by atoms with Gasteiger partial charge in [0, 0.05) is 12.6 Å². The second-order valence-corrected chi connectivity index (χ2v) is 8.76. The standard InChI is InChI=1S/C15H17N3O7S2/c1-25-15-7-6-13(10-14(15)18(19)20)27(23,24)17-9-8-11-2-4-12(5-3-11)26(16,21)22/h2-7,10,17H,8-9H2,1H3,(H2,16,21,22). The summed E-state index contributed by atoms with van der Waals surface area (Å²) in [6, 6.07) is 9.02. The number of primary sulfonamides is 1. The van der Waals surface area contributed by atoms with Gasteiger partial charge < -0.3 is 4.74 Å². The summed E-state index contributed by atoms with van der Waals surface area (Å²) in [5.41, 5.74) is 0.227. The number of ether oxygens (including phenoxy) is 1. The molecule has 27 heavy (non-hydrogen) atoms. The first-order valence-electron chi connectivity index (χ1n) is 7.48. The molecule has 0 saturated carbocycles. The molecule has 0 aromatic heterocycles. The highest BCUT2D eigenvalue weighted by Crippen LogP contribution is 2.29. The van der Waals surface area contributed by atoms with Crippen molar-refractivity contribution >= 4 is 25.7 Å². The molecule has 0 saturated heterocycles. The third kappa shape index (κ3) is 5.23. The van der Waals surface area contributed by atoms with Crippen LogP contribution in [0.15, 0.2) is 52.3 Å². The third-order valence-corrected chi connectivity index (χ3v) is 6.00. The monoisotopic (exact) mass is 415 g/mol. The maximum atomic E-state index is 12.3. The van der Waals surface area contributed by atoms with E-state index in [1.54, 1.807) is 0 Å². The Balaban J connectivity index is 2.09. The Kier molecular flexibility index (Phi) is 6.15. The molecular formula is C15H17N3O7S2. The molecular weight excluding hydrogens is 398 g/mol. The number of sulfonamides is 2. The first-order chi connectivity index (χ1) is 12.5. The van der Waals surface area contributed by atoms with Crippen LogP contribution in [-0.2, 0) is 26.5 Å². The molecule has 0 bridgehead atoms. The van der Waals surface area contributed by atoms with Gasteiger partial charge in [0.2, 0.25) is 20.0 Å². The Bertz CT molecular complexity index is 1050. The Morgan fingerprint density at radius 3 is 2.19 bits per heavy atom. The Morgan fingerprint density at radius 1 is 1.07 bits per heavy atom. The molecule has 0 amide bonds. The maximum absolute atomic E-state index is 12.3. The van der Waals surface area contributed by atoms with Crippen LogP contribution in [0, 0.1) is 10.1 Å². The van der Waals surface area contributed by atoms with E-state index < -0.39 is 30.7 Å². The highest BCUT2D eigenvalue weighted by atomic mass is 32.2. The Hall–Kier alpha value is -2.54. The van der Waals surface area contributed by atoms with Crippen molar-refractivity contribution in [3.63, 3.8) is 0 Å². The van der Waals surface area contributed by atoms with E-state index in [0.717, 1.165) is 6.07 Å². The lowest BCUT2D eigenvalue weighted by Gasteiger charge is -2.08. The van der Waals surface area contributed by atoms with Gasteiger partial charge in [-0.3, -0.25) is 10.1 Å². The number of benzene rings is 2. The molecule has 0 fully saturated rings. The topological polar surface area (TPSA) is 159 Å². The van der Waals surface area contributed by atoms with Crippen LogP contribution in [0.1, 0.15) is 5.56 Å². The lowest BCUT2D eigenvalue weighted by molar-refractivity contribution is -0.386. The van der Waals surface area contributed by atoms with Crippen molar-refractivity contribution in [3.05, 3.63) is 58.1 Å². The van der Waals surface area contributed by atoms with Gasteiger partial charge in [-0.25, -0.2) is 26.7 Å². The average molecular weight is 415 g/mol. The predicted molar refractivity (Wildman–Crippen MR) is 96.4 cm³/mol. The van der Waals surface area contributed by atoms with Gasteiger partial charge >= 0.3 is 5.69 Å². The molecule has 2 aromatic carbocycles. The van der Waals surface area contributed by atoms with E-state index in [4.69, 9.17) is 9.88 Å². The van der Waals surface area contributed by atoms with E-state index in [9.17, 15) is 26.9 Å². The number of nitrogens with one attached hydrogen (secondary N) is 1. The van der Waals surface area contributed by atoms with Crippen LogP contribution in [0.25, 0.3) is 0 Å². The molecule has 3 N–H and O–H groups in total. The van der Waals surface area contributed by atoms with Crippen LogP contribution >= 0.6 is 0 Å². The summed E-state index contributed by atoms with van der Waals surface area (Å²) in [7, 11) is -6.52. The number of nitrogens with zero attached hydrogens (tertiary/aromatic N) is 1. The number of nitrogens with two attached hydrogens (primary N) is 1. The van der Waals surface area contributed by atoms with E-state index in [1.165, 1.54) is 43.5 Å². The molecule has 0 atom stereocenters. The van der Waals surface area contributed by atoms with Crippen molar-refractivity contribution in [1.82, 2.24) is 4.72 Å². The number of rotatable bonds is 8. The van der Waals surface area contributed by atoms with Crippen LogP contribution in [0.2, 0.25) is 0 Å². The smallest absolute Gasteiger partial charge is 0.312 e. The number of nitro benzene ring substituents is 1. The lowest BCUT2D eigenvalue weighted by Crippen LogP contribution is -2.26. The SMILES string of the molecule is COc1ccc(S(=O)(=O)NCCc2ccc(S(N)(=O)=O)cc2)cc1[N+](=O)[O-]. The summed E-state index contributed by atoms with van der Waals surface area (Å²) >= 11 is 0. The van der Waals surface area contributed by atoms with Crippen molar-refractivity contribution < 1.29 is 26.5 Å². The molecule has 10 nitrogen and oxygen atoms in total. The summed E-state index contributed by atoms with van der Waals surface area (Å²) in [5, 5.41) is 16.0. The fourth-order valence-electron chi connectivity index (χ4n) is 2.24. The predicted octanol–water partition coefficient (Wildman–Crippen LogP) is 0.772.